The summed E-state index contributed by atoms with van der Waals surface area (Å²) in [5, 5.41) is 17.4. The van der Waals surface area contributed by atoms with Crippen molar-refractivity contribution in [1.29, 1.82) is 0 Å². The lowest BCUT2D eigenvalue weighted by molar-refractivity contribution is -0.123. The van der Waals surface area contributed by atoms with Gasteiger partial charge in [-0.3, -0.25) is 14.6 Å². The Morgan fingerprint density at radius 1 is 1.08 bits per heavy atom. The summed E-state index contributed by atoms with van der Waals surface area (Å²) >= 11 is 0. The van der Waals surface area contributed by atoms with Crippen LogP contribution in [0.15, 0.2) is 48.8 Å². The number of pyridine rings is 1. The fourth-order valence-electron chi connectivity index (χ4n) is 6.72. The van der Waals surface area contributed by atoms with Gasteiger partial charge in [0.05, 0.1) is 5.60 Å². The van der Waals surface area contributed by atoms with Crippen LogP contribution in [0.4, 0.5) is 5.69 Å². The van der Waals surface area contributed by atoms with Crippen molar-refractivity contribution in [3.63, 3.8) is 0 Å². The van der Waals surface area contributed by atoms with Gasteiger partial charge in [0.1, 0.15) is 0 Å². The summed E-state index contributed by atoms with van der Waals surface area (Å²) in [6.07, 6.45) is 7.51. The molecule has 7 nitrogen and oxygen atoms in total. The average Bonchev–Trinajstić information content (AvgIpc) is 3.07. The second-order valence-electron chi connectivity index (χ2n) is 12.3. The van der Waals surface area contributed by atoms with Crippen LogP contribution < -0.4 is 15.5 Å². The second kappa shape index (κ2) is 10.4. The standard InChI is InChI=1S/C30H42N4O3/c1-28(2)18-25(33-27(36)22-8-10-23(11-9-22)34(4)5)30(15-14-29(3,37)17-24(28)30)13-12-26(35)32-20-21-7-6-16-31-19-21/h6-11,16,19,24-25,37H,12-15,17-18,20H2,1-5H3,(H,32,35)(H,33,36)/t24-,25-,29-,30-/m0/s1. The number of hydrogen-bond acceptors (Lipinski definition) is 5. The zero-order valence-electron chi connectivity index (χ0n) is 22.9. The van der Waals surface area contributed by atoms with E-state index < -0.39 is 5.60 Å². The Kier molecular flexibility index (Phi) is 7.65. The summed E-state index contributed by atoms with van der Waals surface area (Å²) in [4.78, 5) is 32.4. The molecule has 200 valence electrons. The molecule has 37 heavy (non-hydrogen) atoms. The van der Waals surface area contributed by atoms with Crippen LogP contribution >= 0.6 is 0 Å². The highest BCUT2D eigenvalue weighted by Gasteiger charge is 2.61. The number of hydrogen-bond donors (Lipinski definition) is 3. The van der Waals surface area contributed by atoms with E-state index in [4.69, 9.17) is 0 Å². The molecule has 2 aliphatic rings. The van der Waals surface area contributed by atoms with Crippen molar-refractivity contribution >= 4 is 17.5 Å². The minimum Gasteiger partial charge on any atom is -0.390 e. The number of anilines is 1. The first-order chi connectivity index (χ1) is 17.4. The van der Waals surface area contributed by atoms with Gasteiger partial charge >= 0.3 is 0 Å². The molecule has 0 unspecified atom stereocenters. The summed E-state index contributed by atoms with van der Waals surface area (Å²) in [5.74, 6) is 0.129. The lowest BCUT2D eigenvalue weighted by Gasteiger charge is -2.50. The highest BCUT2D eigenvalue weighted by atomic mass is 16.3. The maximum Gasteiger partial charge on any atom is 0.251 e. The van der Waals surface area contributed by atoms with Crippen molar-refractivity contribution in [3.05, 3.63) is 59.9 Å². The molecule has 2 aromatic rings. The van der Waals surface area contributed by atoms with Crippen LogP contribution in [0.3, 0.4) is 0 Å². The van der Waals surface area contributed by atoms with Crippen LogP contribution in [-0.4, -0.2) is 47.6 Å². The van der Waals surface area contributed by atoms with Crippen molar-refractivity contribution in [1.82, 2.24) is 15.6 Å². The van der Waals surface area contributed by atoms with Crippen molar-refractivity contribution in [2.24, 2.45) is 16.7 Å². The summed E-state index contributed by atoms with van der Waals surface area (Å²) in [6, 6.07) is 11.4. The maximum absolute atomic E-state index is 13.4. The summed E-state index contributed by atoms with van der Waals surface area (Å²) in [7, 11) is 3.95. The fraction of sp³-hybridized carbons (Fsp3) is 0.567. The van der Waals surface area contributed by atoms with E-state index in [2.05, 4.69) is 29.5 Å². The monoisotopic (exact) mass is 506 g/mol. The van der Waals surface area contributed by atoms with Crippen molar-refractivity contribution < 1.29 is 14.7 Å². The van der Waals surface area contributed by atoms with E-state index in [1.807, 2.05) is 62.3 Å². The quantitative estimate of drug-likeness (QED) is 0.496. The number of rotatable bonds is 8. The molecule has 4 atom stereocenters. The molecule has 2 amide bonds. The van der Waals surface area contributed by atoms with E-state index in [1.165, 1.54) is 0 Å². The molecule has 0 aliphatic heterocycles. The third kappa shape index (κ3) is 5.98. The number of carbonyl (C=O) groups is 2. The molecular formula is C30H42N4O3. The number of nitrogens with zero attached hydrogens (tertiary/aromatic N) is 2. The maximum atomic E-state index is 13.4. The van der Waals surface area contributed by atoms with Crippen molar-refractivity contribution in [2.45, 2.75) is 77.5 Å². The van der Waals surface area contributed by atoms with Crippen LogP contribution in [0.5, 0.6) is 0 Å². The number of benzene rings is 1. The summed E-state index contributed by atoms with van der Waals surface area (Å²) in [5.41, 5.74) is 1.61. The van der Waals surface area contributed by atoms with Crippen molar-refractivity contribution in [3.8, 4) is 0 Å². The van der Waals surface area contributed by atoms with Crippen LogP contribution in [-0.2, 0) is 11.3 Å². The van der Waals surface area contributed by atoms with E-state index >= 15 is 0 Å². The number of nitrogens with one attached hydrogen (secondary N) is 2. The molecule has 0 saturated heterocycles. The van der Waals surface area contributed by atoms with E-state index in [0.29, 0.717) is 37.8 Å². The van der Waals surface area contributed by atoms with Gasteiger partial charge in [-0.15, -0.1) is 0 Å². The predicted molar refractivity (Wildman–Crippen MR) is 146 cm³/mol. The molecular weight excluding hydrogens is 464 g/mol. The molecule has 2 fully saturated rings. The number of carbonyl (C=O) groups excluding carboxylic acids is 2. The first-order valence-corrected chi connectivity index (χ1v) is 13.4. The Hall–Kier alpha value is -2.93. The van der Waals surface area contributed by atoms with Gasteiger partial charge in [0.15, 0.2) is 0 Å². The highest BCUT2D eigenvalue weighted by molar-refractivity contribution is 5.94. The summed E-state index contributed by atoms with van der Waals surface area (Å²) < 4.78 is 0. The molecule has 2 saturated carbocycles. The van der Waals surface area contributed by atoms with Gasteiger partial charge in [-0.25, -0.2) is 0 Å². The van der Waals surface area contributed by atoms with Gasteiger partial charge in [0, 0.05) is 56.7 Å². The number of aliphatic hydroxyl groups is 1. The van der Waals surface area contributed by atoms with Crippen LogP contribution in [0.2, 0.25) is 0 Å². The second-order valence-corrected chi connectivity index (χ2v) is 12.3. The Morgan fingerprint density at radius 2 is 1.81 bits per heavy atom. The minimum atomic E-state index is -0.727. The molecule has 0 bridgehead atoms. The van der Waals surface area contributed by atoms with E-state index in [1.54, 1.807) is 12.4 Å². The molecule has 3 N–H and O–H groups in total. The molecule has 1 aromatic heterocycles. The van der Waals surface area contributed by atoms with Gasteiger partial charge in [0.2, 0.25) is 5.91 Å². The van der Waals surface area contributed by atoms with Crippen LogP contribution in [0.25, 0.3) is 0 Å². The third-order valence-corrected chi connectivity index (χ3v) is 8.82. The van der Waals surface area contributed by atoms with Gasteiger partial charge in [-0.1, -0.05) is 19.9 Å². The lowest BCUT2D eigenvalue weighted by atomic mass is 9.57. The zero-order valence-corrected chi connectivity index (χ0v) is 22.9. The normalized spacial score (nSPS) is 28.3. The average molecular weight is 507 g/mol. The highest BCUT2D eigenvalue weighted by Crippen LogP contribution is 2.63. The molecule has 0 radical (unpaired) electrons. The molecule has 2 aliphatic carbocycles. The van der Waals surface area contributed by atoms with E-state index in [0.717, 1.165) is 24.1 Å². The number of amides is 2. The zero-order chi connectivity index (χ0) is 26.8. The minimum absolute atomic E-state index is 0.00312. The molecule has 4 rings (SSSR count). The van der Waals surface area contributed by atoms with Crippen molar-refractivity contribution in [2.75, 3.05) is 19.0 Å². The lowest BCUT2D eigenvalue weighted by Crippen LogP contribution is -2.52. The molecule has 1 heterocycles. The number of aromatic nitrogens is 1. The van der Waals surface area contributed by atoms with Gasteiger partial charge in [0.25, 0.3) is 5.91 Å². The topological polar surface area (TPSA) is 94.6 Å². The largest absolute Gasteiger partial charge is 0.390 e. The first kappa shape index (κ1) is 27.1. The van der Waals surface area contributed by atoms with E-state index in [-0.39, 0.29) is 34.6 Å². The van der Waals surface area contributed by atoms with E-state index in [9.17, 15) is 14.7 Å². The Labute approximate surface area is 221 Å². The molecule has 7 heteroatoms. The van der Waals surface area contributed by atoms with Crippen LogP contribution in [0.1, 0.15) is 75.2 Å². The Balaban J connectivity index is 1.52. The third-order valence-electron chi connectivity index (χ3n) is 8.82. The predicted octanol–water partition coefficient (Wildman–Crippen LogP) is 4.31. The molecule has 0 spiro atoms. The van der Waals surface area contributed by atoms with Gasteiger partial charge in [-0.05, 0) is 91.7 Å². The smallest absolute Gasteiger partial charge is 0.251 e. The first-order valence-electron chi connectivity index (χ1n) is 13.4. The van der Waals surface area contributed by atoms with Gasteiger partial charge < -0.3 is 20.6 Å². The Morgan fingerprint density at radius 3 is 2.46 bits per heavy atom. The number of fused-ring (bicyclic) bond motifs is 1. The Bertz CT molecular complexity index is 1100. The van der Waals surface area contributed by atoms with Gasteiger partial charge in [-0.2, -0.15) is 0 Å². The summed E-state index contributed by atoms with van der Waals surface area (Å²) in [6.45, 7) is 6.86. The fourth-order valence-corrected chi connectivity index (χ4v) is 6.72. The molecule has 1 aromatic carbocycles. The SMILES string of the molecule is CN(C)c1ccc(C(=O)N[C@H]2CC(C)(C)[C@@H]3C[C@@](C)(O)CC[C@]23CCC(=O)NCc2cccnc2)cc1. The van der Waals surface area contributed by atoms with Crippen LogP contribution in [0, 0.1) is 16.7 Å².